The number of hydrogen-bond acceptors (Lipinski definition) is 2. The average molecular weight is 180 g/mol. The summed E-state index contributed by atoms with van der Waals surface area (Å²) in [5, 5.41) is 16.6. The second kappa shape index (κ2) is 3.50. The van der Waals surface area contributed by atoms with E-state index in [9.17, 15) is 5.11 Å². The van der Waals surface area contributed by atoms with E-state index in [4.69, 9.17) is 0 Å². The van der Waals surface area contributed by atoms with Gasteiger partial charge < -0.3 is 5.11 Å². The van der Waals surface area contributed by atoms with Crippen LogP contribution in [0.25, 0.3) is 0 Å². The molecule has 1 heterocycles. The molecule has 1 atom stereocenters. The number of aromatic amines is 1. The third-order valence-corrected chi connectivity index (χ3v) is 2.63. The Hall–Kier alpha value is -0.830. The first kappa shape index (κ1) is 8.75. The van der Waals surface area contributed by atoms with Gasteiger partial charge in [-0.1, -0.05) is 0 Å². The Bertz CT molecular complexity index is 291. The largest absolute Gasteiger partial charge is 0.393 e. The van der Waals surface area contributed by atoms with E-state index >= 15 is 0 Å². The van der Waals surface area contributed by atoms with Crippen molar-refractivity contribution in [3.05, 3.63) is 17.0 Å². The van der Waals surface area contributed by atoms with Crippen LogP contribution in [0.3, 0.4) is 0 Å². The minimum atomic E-state index is -0.283. The number of hydrogen-bond donors (Lipinski definition) is 2. The molecule has 0 aliphatic heterocycles. The first-order valence-corrected chi connectivity index (χ1v) is 5.00. The van der Waals surface area contributed by atoms with Crippen LogP contribution < -0.4 is 0 Å². The predicted octanol–water partition coefficient (Wildman–Crippen LogP) is 1.21. The summed E-state index contributed by atoms with van der Waals surface area (Å²) in [6, 6.07) is 0. The molecule has 1 unspecified atom stereocenters. The van der Waals surface area contributed by atoms with E-state index in [0.717, 1.165) is 18.5 Å². The number of aryl methyl sites for hydroxylation is 1. The number of H-pyrrole nitrogens is 1. The molecule has 13 heavy (non-hydrogen) atoms. The highest BCUT2D eigenvalue weighted by atomic mass is 16.3. The van der Waals surface area contributed by atoms with Gasteiger partial charge in [0.15, 0.2) is 0 Å². The third kappa shape index (κ3) is 1.75. The van der Waals surface area contributed by atoms with Gasteiger partial charge in [-0.2, -0.15) is 5.10 Å². The zero-order valence-electron chi connectivity index (χ0n) is 8.01. The van der Waals surface area contributed by atoms with Crippen molar-refractivity contribution in [3.8, 4) is 0 Å². The molecule has 1 aliphatic rings. The van der Waals surface area contributed by atoms with Crippen molar-refractivity contribution in [2.75, 3.05) is 0 Å². The van der Waals surface area contributed by atoms with Gasteiger partial charge in [0, 0.05) is 12.1 Å². The Kier molecular flexibility index (Phi) is 2.36. The molecule has 3 nitrogen and oxygen atoms in total. The number of aliphatic hydroxyl groups is 1. The molecule has 2 N–H and O–H groups in total. The van der Waals surface area contributed by atoms with Gasteiger partial charge in [0.05, 0.1) is 11.8 Å². The van der Waals surface area contributed by atoms with Crippen molar-refractivity contribution in [1.82, 2.24) is 10.2 Å². The van der Waals surface area contributed by atoms with Crippen LogP contribution in [-0.4, -0.2) is 21.4 Å². The van der Waals surface area contributed by atoms with Crippen LogP contribution in [0.2, 0.25) is 0 Å². The van der Waals surface area contributed by atoms with E-state index < -0.39 is 0 Å². The molecule has 1 aromatic heterocycles. The maximum absolute atomic E-state index is 9.27. The van der Waals surface area contributed by atoms with Crippen LogP contribution in [0.4, 0.5) is 0 Å². The highest BCUT2D eigenvalue weighted by molar-refractivity contribution is 5.27. The monoisotopic (exact) mass is 180 g/mol. The van der Waals surface area contributed by atoms with Crippen molar-refractivity contribution in [3.63, 3.8) is 0 Å². The van der Waals surface area contributed by atoms with Crippen LogP contribution in [0.1, 0.15) is 36.7 Å². The fraction of sp³-hybridized carbons (Fsp3) is 0.700. The third-order valence-electron chi connectivity index (χ3n) is 2.63. The Balaban J connectivity index is 2.21. The number of rotatable bonds is 2. The number of nitrogens with one attached hydrogen (secondary N) is 1. The molecule has 72 valence electrons. The second-order valence-corrected chi connectivity index (χ2v) is 3.89. The molecule has 3 heteroatoms. The smallest absolute Gasteiger partial charge is 0.0682 e. The van der Waals surface area contributed by atoms with Crippen LogP contribution in [0.5, 0.6) is 0 Å². The molecule has 2 rings (SSSR count). The highest BCUT2D eigenvalue weighted by Crippen LogP contribution is 2.22. The minimum Gasteiger partial charge on any atom is -0.393 e. The molecule has 0 radical (unpaired) electrons. The summed E-state index contributed by atoms with van der Waals surface area (Å²) in [7, 11) is 0. The summed E-state index contributed by atoms with van der Waals surface area (Å²) in [5.74, 6) is 0. The number of nitrogens with zero attached hydrogens (tertiary/aromatic N) is 1. The van der Waals surface area contributed by atoms with E-state index in [-0.39, 0.29) is 6.10 Å². The zero-order chi connectivity index (χ0) is 9.26. The van der Waals surface area contributed by atoms with E-state index in [1.54, 1.807) is 0 Å². The maximum Gasteiger partial charge on any atom is 0.0682 e. The van der Waals surface area contributed by atoms with Gasteiger partial charge in [-0.15, -0.1) is 0 Å². The Morgan fingerprint density at radius 2 is 2.23 bits per heavy atom. The zero-order valence-corrected chi connectivity index (χ0v) is 8.01. The summed E-state index contributed by atoms with van der Waals surface area (Å²) in [5.41, 5.74) is 3.73. The van der Waals surface area contributed by atoms with Crippen molar-refractivity contribution < 1.29 is 5.11 Å². The molecular weight excluding hydrogens is 164 g/mol. The van der Waals surface area contributed by atoms with Gasteiger partial charge in [0.25, 0.3) is 0 Å². The normalized spacial score (nSPS) is 18.3. The number of aliphatic hydroxyl groups excluding tert-OH is 1. The summed E-state index contributed by atoms with van der Waals surface area (Å²) >= 11 is 0. The molecule has 1 aliphatic carbocycles. The lowest BCUT2D eigenvalue weighted by atomic mass is 9.94. The lowest BCUT2D eigenvalue weighted by Crippen LogP contribution is -2.08. The lowest BCUT2D eigenvalue weighted by molar-refractivity contribution is 0.194. The van der Waals surface area contributed by atoms with E-state index in [2.05, 4.69) is 10.2 Å². The number of fused-ring (bicyclic) bond motifs is 1. The maximum atomic E-state index is 9.27. The Morgan fingerprint density at radius 1 is 1.46 bits per heavy atom. The molecule has 0 fully saturated rings. The summed E-state index contributed by atoms with van der Waals surface area (Å²) in [6.45, 7) is 1.81. The van der Waals surface area contributed by atoms with Crippen molar-refractivity contribution in [2.45, 2.75) is 45.1 Å². The molecule has 0 saturated heterocycles. The van der Waals surface area contributed by atoms with Crippen molar-refractivity contribution in [2.24, 2.45) is 0 Å². The molecule has 0 amide bonds. The van der Waals surface area contributed by atoms with Gasteiger partial charge in [0.1, 0.15) is 0 Å². The Morgan fingerprint density at radius 3 is 3.00 bits per heavy atom. The minimum absolute atomic E-state index is 0.283. The van der Waals surface area contributed by atoms with E-state index in [1.165, 1.54) is 24.1 Å². The Labute approximate surface area is 78.2 Å². The summed E-state index contributed by atoms with van der Waals surface area (Å²) < 4.78 is 0. The quantitative estimate of drug-likeness (QED) is 0.718. The molecular formula is C10H16N2O. The molecule has 1 aromatic rings. The molecule has 0 spiro atoms. The first-order valence-electron chi connectivity index (χ1n) is 5.00. The van der Waals surface area contributed by atoms with Crippen LogP contribution >= 0.6 is 0 Å². The number of aromatic nitrogens is 2. The SMILES string of the molecule is CC(O)Cc1n[nH]c2c1CCCC2. The predicted molar refractivity (Wildman–Crippen MR) is 50.6 cm³/mol. The topological polar surface area (TPSA) is 48.9 Å². The van der Waals surface area contributed by atoms with Gasteiger partial charge in [-0.25, -0.2) is 0 Å². The van der Waals surface area contributed by atoms with Crippen LogP contribution in [-0.2, 0) is 19.3 Å². The van der Waals surface area contributed by atoms with E-state index in [1.807, 2.05) is 6.92 Å². The molecule has 0 saturated carbocycles. The summed E-state index contributed by atoms with van der Waals surface area (Å²) in [6.07, 6.45) is 5.19. The fourth-order valence-electron chi connectivity index (χ4n) is 2.00. The molecule has 0 bridgehead atoms. The van der Waals surface area contributed by atoms with Gasteiger partial charge in [-0.3, -0.25) is 5.10 Å². The van der Waals surface area contributed by atoms with Crippen LogP contribution in [0, 0.1) is 0 Å². The highest BCUT2D eigenvalue weighted by Gasteiger charge is 2.17. The van der Waals surface area contributed by atoms with E-state index in [0.29, 0.717) is 6.42 Å². The standard InChI is InChI=1S/C10H16N2O/c1-7(13)6-10-8-4-2-3-5-9(8)11-12-10/h7,13H,2-6H2,1H3,(H,11,12). The van der Waals surface area contributed by atoms with Gasteiger partial charge >= 0.3 is 0 Å². The average Bonchev–Trinajstić information content (AvgIpc) is 2.48. The lowest BCUT2D eigenvalue weighted by Gasteiger charge is -2.11. The second-order valence-electron chi connectivity index (χ2n) is 3.89. The van der Waals surface area contributed by atoms with Crippen LogP contribution in [0.15, 0.2) is 0 Å². The van der Waals surface area contributed by atoms with Crippen molar-refractivity contribution in [1.29, 1.82) is 0 Å². The first-order chi connectivity index (χ1) is 6.27. The fourth-order valence-corrected chi connectivity index (χ4v) is 2.00. The summed E-state index contributed by atoms with van der Waals surface area (Å²) in [4.78, 5) is 0. The van der Waals surface area contributed by atoms with Crippen molar-refractivity contribution >= 4 is 0 Å². The molecule has 0 aromatic carbocycles. The van der Waals surface area contributed by atoms with Gasteiger partial charge in [-0.05, 0) is 38.2 Å². The van der Waals surface area contributed by atoms with Gasteiger partial charge in [0.2, 0.25) is 0 Å².